The van der Waals surface area contributed by atoms with Crippen molar-refractivity contribution in [2.75, 3.05) is 4.90 Å². The van der Waals surface area contributed by atoms with Crippen LogP contribution in [0.2, 0.25) is 0 Å². The van der Waals surface area contributed by atoms with Gasteiger partial charge in [-0.15, -0.1) is 0 Å². The number of aliphatic imine (C=N–C) groups is 1. The van der Waals surface area contributed by atoms with Crippen LogP contribution in [0.25, 0.3) is 6.08 Å². The minimum absolute atomic E-state index is 0.742. The SMILES string of the molecule is S=C1/C(=C\c2ccccc2)SC(=Nc2ccccc2Br)N1c1ccccc1Br. The van der Waals surface area contributed by atoms with E-state index in [0.717, 1.165) is 40.9 Å². The van der Waals surface area contributed by atoms with Crippen LogP contribution in [-0.2, 0) is 0 Å². The van der Waals surface area contributed by atoms with Crippen LogP contribution in [0.3, 0.4) is 0 Å². The van der Waals surface area contributed by atoms with Crippen LogP contribution in [0, 0.1) is 0 Å². The second kappa shape index (κ2) is 8.74. The molecular weight excluding hydrogens is 516 g/mol. The van der Waals surface area contributed by atoms with E-state index in [0.29, 0.717) is 0 Å². The molecule has 3 aromatic carbocycles. The Bertz CT molecular complexity index is 1090. The second-order valence-electron chi connectivity index (χ2n) is 5.96. The summed E-state index contributed by atoms with van der Waals surface area (Å²) in [5.41, 5.74) is 2.95. The molecule has 138 valence electrons. The molecule has 0 amide bonds. The Morgan fingerprint density at radius 3 is 2.18 bits per heavy atom. The molecule has 2 nitrogen and oxygen atoms in total. The normalized spacial score (nSPS) is 16.9. The number of hydrogen-bond acceptors (Lipinski definition) is 3. The van der Waals surface area contributed by atoms with Crippen LogP contribution in [0.1, 0.15) is 5.56 Å². The van der Waals surface area contributed by atoms with Crippen molar-refractivity contribution < 1.29 is 0 Å². The van der Waals surface area contributed by atoms with Crippen molar-refractivity contribution in [2.45, 2.75) is 0 Å². The zero-order valence-corrected chi connectivity index (χ0v) is 19.4. The smallest absolute Gasteiger partial charge is 0.179 e. The van der Waals surface area contributed by atoms with Gasteiger partial charge in [-0.05, 0) is 79.5 Å². The molecule has 4 rings (SSSR count). The molecule has 1 heterocycles. The van der Waals surface area contributed by atoms with Crippen molar-refractivity contribution in [3.63, 3.8) is 0 Å². The number of anilines is 1. The first kappa shape index (κ1) is 19.6. The average Bonchev–Trinajstić information content (AvgIpc) is 3.00. The number of thioether (sulfide) groups is 1. The lowest BCUT2D eigenvalue weighted by atomic mass is 10.2. The summed E-state index contributed by atoms with van der Waals surface area (Å²) in [6.45, 7) is 0. The predicted molar refractivity (Wildman–Crippen MR) is 132 cm³/mol. The molecule has 0 spiro atoms. The first-order chi connectivity index (χ1) is 13.6. The molecule has 0 N–H and O–H groups in total. The number of benzene rings is 3. The standard InChI is InChI=1S/C22H14Br2N2S2/c23-16-10-4-6-12-18(16)25-22-26(19-13-7-5-11-17(19)24)21(27)20(28-22)14-15-8-2-1-3-9-15/h1-14H/b20-14+,25-22?. The maximum atomic E-state index is 5.85. The van der Waals surface area contributed by atoms with Gasteiger partial charge < -0.3 is 0 Å². The molecule has 0 aromatic heterocycles. The first-order valence-electron chi connectivity index (χ1n) is 8.50. The van der Waals surface area contributed by atoms with Gasteiger partial charge in [0.15, 0.2) is 5.17 Å². The fraction of sp³-hybridized carbons (Fsp3) is 0. The summed E-state index contributed by atoms with van der Waals surface area (Å²) in [5.74, 6) is 0. The van der Waals surface area contributed by atoms with Crippen molar-refractivity contribution in [2.24, 2.45) is 4.99 Å². The van der Waals surface area contributed by atoms with Gasteiger partial charge in [-0.1, -0.05) is 66.8 Å². The molecule has 6 heteroatoms. The van der Waals surface area contributed by atoms with Gasteiger partial charge >= 0.3 is 0 Å². The molecule has 1 saturated heterocycles. The van der Waals surface area contributed by atoms with E-state index in [1.807, 2.05) is 71.6 Å². The van der Waals surface area contributed by atoms with Gasteiger partial charge in [0.25, 0.3) is 0 Å². The van der Waals surface area contributed by atoms with Gasteiger partial charge in [-0.25, -0.2) is 4.99 Å². The summed E-state index contributed by atoms with van der Waals surface area (Å²) < 4.78 is 1.92. The number of thiocarbonyl (C=S) groups is 1. The molecule has 1 aliphatic heterocycles. The molecule has 1 aliphatic rings. The monoisotopic (exact) mass is 528 g/mol. The Labute approximate surface area is 190 Å². The maximum Gasteiger partial charge on any atom is 0.179 e. The second-order valence-corrected chi connectivity index (χ2v) is 9.06. The van der Waals surface area contributed by atoms with Crippen LogP contribution < -0.4 is 4.90 Å². The van der Waals surface area contributed by atoms with E-state index >= 15 is 0 Å². The van der Waals surface area contributed by atoms with Crippen molar-refractivity contribution >= 4 is 83.4 Å². The number of nitrogens with zero attached hydrogens (tertiary/aromatic N) is 2. The quantitative estimate of drug-likeness (QED) is 0.254. The molecule has 0 bridgehead atoms. The summed E-state index contributed by atoms with van der Waals surface area (Å²) in [6, 6.07) is 26.2. The lowest BCUT2D eigenvalue weighted by Gasteiger charge is -2.19. The van der Waals surface area contributed by atoms with Crippen LogP contribution in [0.5, 0.6) is 0 Å². The Balaban J connectivity index is 1.82. The largest absolute Gasteiger partial charge is 0.277 e. The van der Waals surface area contributed by atoms with E-state index in [9.17, 15) is 0 Å². The highest BCUT2D eigenvalue weighted by Crippen LogP contribution is 2.41. The lowest BCUT2D eigenvalue weighted by Crippen LogP contribution is -2.27. The number of rotatable bonds is 3. The third-order valence-corrected chi connectivity index (χ3v) is 6.93. The molecule has 0 saturated carbocycles. The van der Waals surface area contributed by atoms with Crippen molar-refractivity contribution in [3.8, 4) is 0 Å². The molecule has 1 fully saturated rings. The Morgan fingerprint density at radius 1 is 0.821 bits per heavy atom. The van der Waals surface area contributed by atoms with E-state index in [2.05, 4.69) is 50.1 Å². The topological polar surface area (TPSA) is 15.6 Å². The number of amidine groups is 1. The van der Waals surface area contributed by atoms with E-state index in [-0.39, 0.29) is 0 Å². The van der Waals surface area contributed by atoms with Crippen LogP contribution in [0.15, 0.2) is 97.7 Å². The Kier molecular flexibility index (Phi) is 6.11. The van der Waals surface area contributed by atoms with E-state index in [1.165, 1.54) is 0 Å². The Morgan fingerprint density at radius 2 is 1.46 bits per heavy atom. The van der Waals surface area contributed by atoms with E-state index in [4.69, 9.17) is 17.2 Å². The third kappa shape index (κ3) is 4.15. The van der Waals surface area contributed by atoms with Crippen LogP contribution in [-0.4, -0.2) is 10.2 Å². The highest BCUT2D eigenvalue weighted by Gasteiger charge is 2.32. The Hall–Kier alpha value is -1.73. The average molecular weight is 530 g/mol. The molecule has 0 atom stereocenters. The van der Waals surface area contributed by atoms with Gasteiger partial charge in [-0.3, -0.25) is 4.90 Å². The van der Waals surface area contributed by atoms with Crippen molar-refractivity contribution in [1.82, 2.24) is 0 Å². The van der Waals surface area contributed by atoms with Gasteiger partial charge in [0.2, 0.25) is 0 Å². The van der Waals surface area contributed by atoms with Crippen LogP contribution >= 0.6 is 55.8 Å². The van der Waals surface area contributed by atoms with E-state index < -0.39 is 0 Å². The molecule has 28 heavy (non-hydrogen) atoms. The summed E-state index contributed by atoms with van der Waals surface area (Å²) in [6.07, 6.45) is 2.11. The minimum Gasteiger partial charge on any atom is -0.277 e. The van der Waals surface area contributed by atoms with Gasteiger partial charge in [-0.2, -0.15) is 0 Å². The molecular formula is C22H14Br2N2S2. The number of para-hydroxylation sites is 2. The summed E-state index contributed by atoms with van der Waals surface area (Å²) >= 11 is 14.7. The fourth-order valence-electron chi connectivity index (χ4n) is 2.74. The van der Waals surface area contributed by atoms with Crippen molar-refractivity contribution in [1.29, 1.82) is 0 Å². The number of halogens is 2. The molecule has 3 aromatic rings. The molecule has 0 aliphatic carbocycles. The summed E-state index contributed by atoms with van der Waals surface area (Å²) in [5, 5.41) is 0.825. The van der Waals surface area contributed by atoms with Crippen molar-refractivity contribution in [3.05, 3.63) is 98.3 Å². The summed E-state index contributed by atoms with van der Waals surface area (Å²) in [4.78, 5) is 8.68. The maximum absolute atomic E-state index is 5.85. The zero-order chi connectivity index (χ0) is 19.5. The van der Waals surface area contributed by atoms with Gasteiger partial charge in [0, 0.05) is 8.95 Å². The summed E-state index contributed by atoms with van der Waals surface area (Å²) in [7, 11) is 0. The lowest BCUT2D eigenvalue weighted by molar-refractivity contribution is 1.41. The minimum atomic E-state index is 0.742. The molecule has 0 radical (unpaired) electrons. The van der Waals surface area contributed by atoms with E-state index in [1.54, 1.807) is 11.8 Å². The zero-order valence-electron chi connectivity index (χ0n) is 14.5. The highest BCUT2D eigenvalue weighted by molar-refractivity contribution is 9.11. The fourth-order valence-corrected chi connectivity index (χ4v) is 5.00. The highest BCUT2D eigenvalue weighted by atomic mass is 79.9. The van der Waals surface area contributed by atoms with Gasteiger partial charge in [0.1, 0.15) is 4.99 Å². The van der Waals surface area contributed by atoms with Crippen LogP contribution in [0.4, 0.5) is 11.4 Å². The molecule has 0 unspecified atom stereocenters. The van der Waals surface area contributed by atoms with Gasteiger partial charge in [0.05, 0.1) is 16.3 Å². The first-order valence-corrected chi connectivity index (χ1v) is 11.3. The predicted octanol–water partition coefficient (Wildman–Crippen LogP) is 7.82. The third-order valence-electron chi connectivity index (χ3n) is 4.07. The number of hydrogen-bond donors (Lipinski definition) is 0.